The lowest BCUT2D eigenvalue weighted by molar-refractivity contribution is -0.148. The third-order valence-electron chi connectivity index (χ3n) is 4.27. The van der Waals surface area contributed by atoms with Gasteiger partial charge in [0.15, 0.2) is 6.61 Å². The number of urea groups is 1. The van der Waals surface area contributed by atoms with Crippen LogP contribution in [0.1, 0.15) is 25.8 Å². The van der Waals surface area contributed by atoms with Gasteiger partial charge in [0, 0.05) is 6.04 Å². The second-order valence-electron chi connectivity index (χ2n) is 6.58. The molecule has 0 unspecified atom stereocenters. The Bertz CT molecular complexity index is 892. The Morgan fingerprint density at radius 3 is 2.48 bits per heavy atom. The van der Waals surface area contributed by atoms with E-state index in [0.29, 0.717) is 0 Å². The molecule has 0 aromatic heterocycles. The average molecular weight is 399 g/mol. The Labute approximate surface area is 169 Å². The maximum atomic E-state index is 12.1. The number of benzene rings is 2. The molecule has 0 aliphatic carbocycles. The van der Waals surface area contributed by atoms with Gasteiger partial charge >= 0.3 is 12.0 Å². The van der Waals surface area contributed by atoms with Gasteiger partial charge in [-0.1, -0.05) is 49.4 Å². The van der Waals surface area contributed by atoms with E-state index in [1.54, 1.807) is 6.92 Å². The van der Waals surface area contributed by atoms with Crippen molar-refractivity contribution in [2.24, 2.45) is 0 Å². The van der Waals surface area contributed by atoms with Crippen LogP contribution >= 0.6 is 0 Å². The lowest BCUT2D eigenvalue weighted by atomic mass is 10.0. The van der Waals surface area contributed by atoms with Crippen molar-refractivity contribution in [2.45, 2.75) is 32.7 Å². The molecular formula is C21H25N3O5. The average Bonchev–Trinajstić information content (AvgIpc) is 2.70. The van der Waals surface area contributed by atoms with Crippen molar-refractivity contribution < 1.29 is 23.9 Å². The number of carbonyl (C=O) groups is 4. The molecule has 8 heteroatoms. The fourth-order valence-electron chi connectivity index (χ4n) is 2.57. The van der Waals surface area contributed by atoms with E-state index in [9.17, 15) is 19.2 Å². The molecule has 29 heavy (non-hydrogen) atoms. The van der Waals surface area contributed by atoms with Crippen LogP contribution < -0.4 is 16.0 Å². The first-order valence-corrected chi connectivity index (χ1v) is 9.38. The Morgan fingerprint density at radius 2 is 1.72 bits per heavy atom. The zero-order valence-electron chi connectivity index (χ0n) is 16.5. The van der Waals surface area contributed by atoms with Crippen molar-refractivity contribution in [2.75, 3.05) is 13.2 Å². The zero-order valence-corrected chi connectivity index (χ0v) is 16.5. The van der Waals surface area contributed by atoms with Crippen molar-refractivity contribution in [3.05, 3.63) is 48.0 Å². The molecule has 0 aliphatic heterocycles. The molecule has 0 fully saturated rings. The summed E-state index contributed by atoms with van der Waals surface area (Å²) in [5.41, 5.74) is 0.848. The van der Waals surface area contributed by atoms with Gasteiger partial charge in [-0.2, -0.15) is 0 Å². The molecule has 8 nitrogen and oxygen atoms in total. The Balaban J connectivity index is 1.72. The van der Waals surface area contributed by atoms with Crippen LogP contribution in [0, 0.1) is 0 Å². The van der Waals surface area contributed by atoms with E-state index in [4.69, 9.17) is 4.74 Å². The van der Waals surface area contributed by atoms with Crippen molar-refractivity contribution in [3.8, 4) is 0 Å². The van der Waals surface area contributed by atoms with Crippen LogP contribution in [0.5, 0.6) is 0 Å². The number of imide groups is 1. The number of rotatable bonds is 8. The van der Waals surface area contributed by atoms with E-state index in [-0.39, 0.29) is 24.9 Å². The van der Waals surface area contributed by atoms with Crippen molar-refractivity contribution >= 4 is 34.6 Å². The van der Waals surface area contributed by atoms with Crippen LogP contribution in [0.25, 0.3) is 10.8 Å². The summed E-state index contributed by atoms with van der Waals surface area (Å²) in [5.74, 6) is -1.86. The zero-order chi connectivity index (χ0) is 21.2. The first-order chi connectivity index (χ1) is 13.9. The molecule has 0 radical (unpaired) electrons. The summed E-state index contributed by atoms with van der Waals surface area (Å²) in [6.07, 6.45) is 0.833. The summed E-state index contributed by atoms with van der Waals surface area (Å²) in [6.45, 7) is 2.72. The molecule has 2 rings (SSSR count). The highest BCUT2D eigenvalue weighted by Crippen LogP contribution is 2.18. The van der Waals surface area contributed by atoms with E-state index in [1.807, 2.05) is 49.4 Å². The molecule has 0 aliphatic rings. The van der Waals surface area contributed by atoms with E-state index >= 15 is 0 Å². The third-order valence-corrected chi connectivity index (χ3v) is 4.27. The van der Waals surface area contributed by atoms with Crippen LogP contribution in [-0.2, 0) is 25.5 Å². The predicted molar refractivity (Wildman–Crippen MR) is 108 cm³/mol. The molecule has 3 N–H and O–H groups in total. The Hall–Kier alpha value is -3.42. The molecule has 0 saturated carbocycles. The molecule has 2 aromatic rings. The van der Waals surface area contributed by atoms with Gasteiger partial charge in [-0.3, -0.25) is 19.7 Å². The van der Waals surface area contributed by atoms with E-state index < -0.39 is 24.5 Å². The quantitative estimate of drug-likeness (QED) is 0.584. The van der Waals surface area contributed by atoms with Gasteiger partial charge in [0.1, 0.15) is 6.54 Å². The highest BCUT2D eigenvalue weighted by molar-refractivity contribution is 5.96. The van der Waals surface area contributed by atoms with Gasteiger partial charge in [-0.25, -0.2) is 4.79 Å². The molecule has 0 heterocycles. The van der Waals surface area contributed by atoms with Gasteiger partial charge in [0.25, 0.3) is 5.91 Å². The minimum atomic E-state index is -0.770. The number of carbonyl (C=O) groups excluding carboxylic acids is 4. The molecule has 2 aromatic carbocycles. The second-order valence-corrected chi connectivity index (χ2v) is 6.58. The lowest BCUT2D eigenvalue weighted by Gasteiger charge is -2.12. The Kier molecular flexibility index (Phi) is 8.14. The molecule has 0 spiro atoms. The number of amides is 4. The summed E-state index contributed by atoms with van der Waals surface area (Å²) >= 11 is 0. The number of ether oxygens (including phenoxy) is 1. The number of hydrogen-bond donors (Lipinski definition) is 3. The van der Waals surface area contributed by atoms with Gasteiger partial charge in [-0.15, -0.1) is 0 Å². The molecule has 4 amide bonds. The van der Waals surface area contributed by atoms with Crippen LogP contribution in [0.3, 0.4) is 0 Å². The third kappa shape index (κ3) is 7.25. The predicted octanol–water partition coefficient (Wildman–Crippen LogP) is 1.67. The Morgan fingerprint density at radius 1 is 1.00 bits per heavy atom. The van der Waals surface area contributed by atoms with E-state index in [0.717, 1.165) is 22.8 Å². The highest BCUT2D eigenvalue weighted by atomic mass is 16.5. The lowest BCUT2D eigenvalue weighted by Crippen LogP contribution is -2.45. The maximum Gasteiger partial charge on any atom is 0.325 e. The number of hydrogen-bond acceptors (Lipinski definition) is 5. The van der Waals surface area contributed by atoms with Crippen molar-refractivity contribution in [1.29, 1.82) is 0 Å². The number of nitrogens with one attached hydrogen (secondary N) is 3. The van der Waals surface area contributed by atoms with Crippen LogP contribution in [-0.4, -0.2) is 43.0 Å². The molecule has 0 bridgehead atoms. The fraction of sp³-hybridized carbons (Fsp3) is 0.333. The molecule has 154 valence electrons. The van der Waals surface area contributed by atoms with Gasteiger partial charge < -0.3 is 15.4 Å². The normalized spacial score (nSPS) is 11.4. The molecule has 1 atom stereocenters. The first kappa shape index (κ1) is 21.9. The first-order valence-electron chi connectivity index (χ1n) is 9.38. The second kappa shape index (κ2) is 10.8. The minimum Gasteiger partial charge on any atom is -0.454 e. The van der Waals surface area contributed by atoms with Crippen LogP contribution in [0.4, 0.5) is 4.79 Å². The van der Waals surface area contributed by atoms with Gasteiger partial charge in [-0.05, 0) is 29.7 Å². The smallest absolute Gasteiger partial charge is 0.325 e. The number of esters is 1. The monoisotopic (exact) mass is 399 g/mol. The van der Waals surface area contributed by atoms with Crippen molar-refractivity contribution in [3.63, 3.8) is 0 Å². The van der Waals surface area contributed by atoms with E-state index in [1.165, 1.54) is 0 Å². The van der Waals surface area contributed by atoms with Crippen LogP contribution in [0.2, 0.25) is 0 Å². The summed E-state index contributed by atoms with van der Waals surface area (Å²) in [7, 11) is 0. The van der Waals surface area contributed by atoms with Crippen LogP contribution in [0.15, 0.2) is 42.5 Å². The van der Waals surface area contributed by atoms with Crippen molar-refractivity contribution in [1.82, 2.24) is 16.0 Å². The topological polar surface area (TPSA) is 114 Å². The molecular weight excluding hydrogens is 374 g/mol. The summed E-state index contributed by atoms with van der Waals surface area (Å²) in [6, 6.07) is 12.7. The summed E-state index contributed by atoms with van der Waals surface area (Å²) in [4.78, 5) is 46.9. The van der Waals surface area contributed by atoms with Gasteiger partial charge in [0.2, 0.25) is 5.91 Å². The highest BCUT2D eigenvalue weighted by Gasteiger charge is 2.13. The fourth-order valence-corrected chi connectivity index (χ4v) is 2.57. The van der Waals surface area contributed by atoms with Gasteiger partial charge in [0.05, 0.1) is 6.42 Å². The maximum absolute atomic E-state index is 12.1. The van der Waals surface area contributed by atoms with E-state index in [2.05, 4.69) is 16.0 Å². The minimum absolute atomic E-state index is 0.0812. The standard InChI is InChI=1S/C21H25N3O5/c1-3-14(2)23-21(28)24-19(26)13-29-20(27)12-22-18(25)11-16-9-6-8-15-7-4-5-10-17(15)16/h4-10,14H,3,11-13H2,1-2H3,(H,22,25)(H2,23,24,26,28)/t14-/m1/s1. The number of fused-ring (bicyclic) bond motifs is 1. The summed E-state index contributed by atoms with van der Waals surface area (Å²) < 4.78 is 4.76. The largest absolute Gasteiger partial charge is 0.454 e. The SMILES string of the molecule is CC[C@@H](C)NC(=O)NC(=O)COC(=O)CNC(=O)Cc1cccc2ccccc12. The summed E-state index contributed by atoms with van der Waals surface area (Å²) in [5, 5.41) is 9.09. The molecule has 0 saturated heterocycles.